The summed E-state index contributed by atoms with van der Waals surface area (Å²) in [4.78, 5) is 41.1. The van der Waals surface area contributed by atoms with E-state index in [1.807, 2.05) is 0 Å². The van der Waals surface area contributed by atoms with Crippen LogP contribution in [0.5, 0.6) is 0 Å². The zero-order chi connectivity index (χ0) is 28.3. The van der Waals surface area contributed by atoms with Gasteiger partial charge >= 0.3 is 5.97 Å². The molecule has 11 nitrogen and oxygen atoms in total. The number of carbonyl (C=O) groups is 3. The molecule has 1 atom stereocenters. The van der Waals surface area contributed by atoms with Crippen LogP contribution in [0, 0.1) is 6.92 Å². The van der Waals surface area contributed by atoms with Crippen molar-refractivity contribution in [2.45, 2.75) is 18.2 Å². The van der Waals surface area contributed by atoms with Crippen molar-refractivity contribution in [3.8, 4) is 11.1 Å². The summed E-state index contributed by atoms with van der Waals surface area (Å²) in [6.07, 6.45) is 2.31. The Bertz CT molecular complexity index is 1740. The first-order valence-electron chi connectivity index (χ1n) is 11.7. The molecule has 0 fully saturated rings. The molecule has 0 bridgehead atoms. The van der Waals surface area contributed by atoms with Crippen LogP contribution in [0.25, 0.3) is 11.1 Å². The van der Waals surface area contributed by atoms with Crippen LogP contribution in [-0.4, -0.2) is 48.1 Å². The molecule has 4 aromatic rings. The lowest BCUT2D eigenvalue weighted by atomic mass is 10.0. The van der Waals surface area contributed by atoms with Gasteiger partial charge in [0.05, 0.1) is 27.4 Å². The van der Waals surface area contributed by atoms with Crippen LogP contribution in [0.1, 0.15) is 32.1 Å². The van der Waals surface area contributed by atoms with Gasteiger partial charge in [-0.05, 0) is 54.4 Å². The van der Waals surface area contributed by atoms with Gasteiger partial charge in [0.1, 0.15) is 11.5 Å². The van der Waals surface area contributed by atoms with Gasteiger partial charge in [-0.2, -0.15) is 9.46 Å². The van der Waals surface area contributed by atoms with E-state index in [2.05, 4.69) is 19.8 Å². The van der Waals surface area contributed by atoms with Gasteiger partial charge < -0.3 is 16.2 Å². The molecular formula is C27H26N6O5S. The van der Waals surface area contributed by atoms with Crippen LogP contribution in [0.4, 0.5) is 11.5 Å². The largest absolute Gasteiger partial charge is 0.481 e. The first-order chi connectivity index (χ1) is 18.4. The Hall–Kier alpha value is -4.84. The lowest BCUT2D eigenvalue weighted by Gasteiger charge is -2.10. The number of nitrogens with two attached hydrogens (primary N) is 1. The monoisotopic (exact) mass is 546 g/mol. The number of pyridine rings is 1. The number of carboxylic acid groups (broad SMARTS) is 1. The predicted octanol–water partition coefficient (Wildman–Crippen LogP) is 3.55. The van der Waals surface area contributed by atoms with E-state index >= 15 is 0 Å². The van der Waals surface area contributed by atoms with E-state index in [9.17, 15) is 18.6 Å². The molecule has 2 aromatic heterocycles. The Morgan fingerprint density at radius 3 is 2.54 bits per heavy atom. The Labute approximate surface area is 224 Å². The van der Waals surface area contributed by atoms with Gasteiger partial charge in [0.25, 0.3) is 11.8 Å². The quantitative estimate of drug-likeness (QED) is 0.316. The molecule has 0 radical (unpaired) electrons. The fraction of sp³-hybridized carbons (Fsp3) is 0.148. The number of carbonyl (C=O) groups excluding carboxylic acids is 2. The van der Waals surface area contributed by atoms with Gasteiger partial charge in [-0.3, -0.25) is 19.1 Å². The summed E-state index contributed by atoms with van der Waals surface area (Å²) in [5.41, 5.74) is 9.23. The van der Waals surface area contributed by atoms with Crippen LogP contribution < -0.4 is 11.1 Å². The van der Waals surface area contributed by atoms with E-state index in [4.69, 9.17) is 10.8 Å². The number of hydrogen-bond acceptors (Lipinski definition) is 7. The number of benzene rings is 2. The summed E-state index contributed by atoms with van der Waals surface area (Å²) < 4.78 is 18.7. The fourth-order valence-electron chi connectivity index (χ4n) is 3.94. The van der Waals surface area contributed by atoms with Gasteiger partial charge in [-0.25, -0.2) is 9.19 Å². The molecule has 4 N–H and O–H groups in total. The summed E-state index contributed by atoms with van der Waals surface area (Å²) in [6.45, 7) is 1.79. The highest BCUT2D eigenvalue weighted by atomic mass is 32.2. The van der Waals surface area contributed by atoms with E-state index in [0.29, 0.717) is 33.8 Å². The molecule has 12 heteroatoms. The number of aliphatic carboxylic acids is 1. The molecule has 0 aliphatic heterocycles. The molecule has 39 heavy (non-hydrogen) atoms. The van der Waals surface area contributed by atoms with Crippen LogP contribution in [0.3, 0.4) is 0 Å². The molecule has 2 amide bonds. The van der Waals surface area contributed by atoms with E-state index in [-0.39, 0.29) is 28.6 Å². The van der Waals surface area contributed by atoms with Crippen molar-refractivity contribution in [2.75, 3.05) is 17.3 Å². The Kier molecular flexibility index (Phi) is 7.58. The molecule has 0 saturated carbocycles. The van der Waals surface area contributed by atoms with Crippen LogP contribution in [-0.2, 0) is 28.0 Å². The molecule has 200 valence electrons. The lowest BCUT2D eigenvalue weighted by Crippen LogP contribution is -2.16. The maximum atomic E-state index is 13.3. The fourth-order valence-corrected chi connectivity index (χ4v) is 5.16. The number of anilines is 2. The standard InChI is InChI=1S/C27H26N6O5S/c1-16-10-23(33(2)31-16)27(37)30-20-8-5-7-18(13-20)22-14-19(15-29-25(22)28)26(36)32-39(3,38)21-9-4-6-17(11-21)12-24(34)35/h4-11,13-15H,12H2,1-3H3,(H2,28,29)(H,30,37)(H,34,35). The molecule has 0 spiro atoms. The number of amides is 2. The highest BCUT2D eigenvalue weighted by Crippen LogP contribution is 2.28. The number of aromatic nitrogens is 3. The second kappa shape index (κ2) is 10.9. The summed E-state index contributed by atoms with van der Waals surface area (Å²) >= 11 is 0. The topological polar surface area (TPSA) is 170 Å². The lowest BCUT2D eigenvalue weighted by molar-refractivity contribution is -0.136. The Morgan fingerprint density at radius 2 is 1.85 bits per heavy atom. The van der Waals surface area contributed by atoms with Gasteiger partial charge in [0, 0.05) is 35.6 Å². The number of nitrogen functional groups attached to an aromatic ring is 1. The third-order valence-corrected chi connectivity index (χ3v) is 7.42. The van der Waals surface area contributed by atoms with Gasteiger partial charge in [0.15, 0.2) is 0 Å². The molecular weight excluding hydrogens is 520 g/mol. The minimum Gasteiger partial charge on any atom is -0.481 e. The SMILES string of the molecule is Cc1cc(C(=O)Nc2cccc(-c3cc(C(=O)N=S(C)(=O)c4cccc(CC(=O)O)c4)cnc3N)c2)n(C)n1. The normalized spacial score (nSPS) is 12.4. The molecule has 0 aliphatic rings. The average Bonchev–Trinajstić information content (AvgIpc) is 3.21. The van der Waals surface area contributed by atoms with Gasteiger partial charge in [0.2, 0.25) is 0 Å². The van der Waals surface area contributed by atoms with E-state index in [1.165, 1.54) is 35.3 Å². The van der Waals surface area contributed by atoms with Crippen molar-refractivity contribution in [3.63, 3.8) is 0 Å². The number of aryl methyl sites for hydroxylation is 2. The maximum absolute atomic E-state index is 13.3. The second-order valence-electron chi connectivity index (χ2n) is 8.90. The smallest absolute Gasteiger partial charge is 0.307 e. The third kappa shape index (κ3) is 6.36. The number of nitrogens with zero attached hydrogens (tertiary/aromatic N) is 4. The number of nitrogens with one attached hydrogen (secondary N) is 1. The van der Waals surface area contributed by atoms with E-state index in [1.54, 1.807) is 56.4 Å². The second-order valence-corrected chi connectivity index (χ2v) is 11.2. The van der Waals surface area contributed by atoms with Gasteiger partial charge in [-0.15, -0.1) is 0 Å². The average molecular weight is 547 g/mol. The Balaban J connectivity index is 1.62. The van der Waals surface area contributed by atoms with Crippen molar-refractivity contribution in [1.29, 1.82) is 0 Å². The molecule has 2 heterocycles. The van der Waals surface area contributed by atoms with E-state index < -0.39 is 21.6 Å². The minimum absolute atomic E-state index is 0.0651. The maximum Gasteiger partial charge on any atom is 0.307 e. The molecule has 2 aromatic carbocycles. The molecule has 0 aliphatic carbocycles. The van der Waals surface area contributed by atoms with Gasteiger partial charge in [-0.1, -0.05) is 24.3 Å². The zero-order valence-corrected chi connectivity index (χ0v) is 22.2. The highest BCUT2D eigenvalue weighted by molar-refractivity contribution is 7.93. The summed E-state index contributed by atoms with van der Waals surface area (Å²) in [5, 5.41) is 16.0. The molecule has 1 unspecified atom stereocenters. The Morgan fingerprint density at radius 1 is 1.10 bits per heavy atom. The number of rotatable bonds is 7. The predicted molar refractivity (Wildman–Crippen MR) is 147 cm³/mol. The first kappa shape index (κ1) is 27.2. The summed E-state index contributed by atoms with van der Waals surface area (Å²) in [5.74, 6) is -1.99. The van der Waals surface area contributed by atoms with E-state index in [0.717, 1.165) is 0 Å². The van der Waals surface area contributed by atoms with Crippen molar-refractivity contribution in [2.24, 2.45) is 11.4 Å². The van der Waals surface area contributed by atoms with Crippen LogP contribution in [0.15, 0.2) is 76.1 Å². The number of hydrogen-bond donors (Lipinski definition) is 3. The minimum atomic E-state index is -3.18. The molecule has 4 rings (SSSR count). The van der Waals surface area contributed by atoms with Crippen molar-refractivity contribution in [1.82, 2.24) is 14.8 Å². The third-order valence-electron chi connectivity index (χ3n) is 5.78. The van der Waals surface area contributed by atoms with Crippen LogP contribution in [0.2, 0.25) is 0 Å². The van der Waals surface area contributed by atoms with Crippen molar-refractivity contribution in [3.05, 3.63) is 89.4 Å². The first-order valence-corrected chi connectivity index (χ1v) is 13.6. The summed E-state index contributed by atoms with van der Waals surface area (Å²) in [7, 11) is -1.50. The van der Waals surface area contributed by atoms with Crippen molar-refractivity contribution < 1.29 is 23.7 Å². The zero-order valence-electron chi connectivity index (χ0n) is 21.4. The van der Waals surface area contributed by atoms with Crippen LogP contribution >= 0.6 is 0 Å². The van der Waals surface area contributed by atoms with Crippen molar-refractivity contribution >= 4 is 39.0 Å². The summed E-state index contributed by atoms with van der Waals surface area (Å²) in [6, 6.07) is 16.2. The highest BCUT2D eigenvalue weighted by Gasteiger charge is 2.17. The number of carboxylic acids is 1. The molecule has 0 saturated heterocycles.